The van der Waals surface area contributed by atoms with E-state index in [9.17, 15) is 18.0 Å². The molecule has 214 valence electrons. The van der Waals surface area contributed by atoms with Crippen molar-refractivity contribution in [3.8, 4) is 5.75 Å². The average molecular weight is 619 g/mol. The third-order valence-electron chi connectivity index (χ3n) is 6.83. The number of carbonyl (C=O) groups excluding carboxylic acids is 2. The number of methoxy groups -OCH3 is 1. The number of benzene rings is 2. The van der Waals surface area contributed by atoms with Gasteiger partial charge in [-0.15, -0.1) is 0 Å². The number of nitrogens with zero attached hydrogens (tertiary/aromatic N) is 2. The Morgan fingerprint density at radius 3 is 2.28 bits per heavy atom. The Bertz CT molecular complexity index is 1270. The predicted octanol–water partition coefficient (Wildman–Crippen LogP) is 5.68. The van der Waals surface area contributed by atoms with E-state index in [0.29, 0.717) is 27.0 Å². The first-order chi connectivity index (χ1) is 18.4. The number of amides is 2. The molecular weight excluding hydrogens is 585 g/mol. The molecule has 1 fully saturated rings. The molecule has 0 spiro atoms. The number of carbonyl (C=O) groups is 2. The summed E-state index contributed by atoms with van der Waals surface area (Å²) < 4.78 is 31.5. The fourth-order valence-corrected chi connectivity index (χ4v) is 6.37. The maximum Gasteiger partial charge on any atom is 0.242 e. The van der Waals surface area contributed by atoms with Gasteiger partial charge in [0.1, 0.15) is 11.8 Å². The van der Waals surface area contributed by atoms with Gasteiger partial charge in [-0.2, -0.15) is 0 Å². The van der Waals surface area contributed by atoms with Crippen LogP contribution in [-0.2, 0) is 26.2 Å². The second-order valence-electron chi connectivity index (χ2n) is 9.65. The lowest BCUT2D eigenvalue weighted by molar-refractivity contribution is -0.140. The van der Waals surface area contributed by atoms with Crippen molar-refractivity contribution in [2.45, 2.75) is 64.1 Å². The highest BCUT2D eigenvalue weighted by atomic mass is 35.5. The zero-order valence-corrected chi connectivity index (χ0v) is 25.3. The molecule has 1 saturated carbocycles. The van der Waals surface area contributed by atoms with E-state index in [1.54, 1.807) is 37.3 Å². The summed E-state index contributed by atoms with van der Waals surface area (Å²) in [6.45, 7) is 1.76. The van der Waals surface area contributed by atoms with Gasteiger partial charge in [0.2, 0.25) is 21.8 Å². The summed E-state index contributed by atoms with van der Waals surface area (Å²) in [7, 11) is -2.20. The molecule has 0 unspecified atom stereocenters. The number of sulfonamides is 1. The first-order valence-electron chi connectivity index (χ1n) is 12.8. The topological polar surface area (TPSA) is 96.0 Å². The van der Waals surface area contributed by atoms with Crippen LogP contribution in [0.25, 0.3) is 0 Å². The van der Waals surface area contributed by atoms with E-state index in [1.165, 1.54) is 22.4 Å². The summed E-state index contributed by atoms with van der Waals surface area (Å²) in [6.07, 6.45) is 5.26. The van der Waals surface area contributed by atoms with Crippen molar-refractivity contribution >= 4 is 62.3 Å². The molecule has 0 bridgehead atoms. The van der Waals surface area contributed by atoms with Crippen molar-refractivity contribution in [2.24, 2.45) is 0 Å². The number of hydrogen-bond donors (Lipinski definition) is 1. The van der Waals surface area contributed by atoms with Crippen LogP contribution in [-0.4, -0.2) is 57.1 Å². The molecule has 3 rings (SSSR count). The van der Waals surface area contributed by atoms with Gasteiger partial charge in [0.05, 0.1) is 24.1 Å². The van der Waals surface area contributed by atoms with Crippen LogP contribution in [0.5, 0.6) is 5.75 Å². The van der Waals surface area contributed by atoms with Gasteiger partial charge in [0.15, 0.2) is 0 Å². The summed E-state index contributed by atoms with van der Waals surface area (Å²) in [6, 6.07) is 9.07. The molecule has 2 aromatic carbocycles. The van der Waals surface area contributed by atoms with Crippen LogP contribution >= 0.6 is 34.8 Å². The number of ether oxygens (including phenoxy) is 1. The highest BCUT2D eigenvalue weighted by molar-refractivity contribution is 7.92. The third-order valence-corrected chi connectivity index (χ3v) is 9.03. The average Bonchev–Trinajstić information content (AvgIpc) is 3.38. The zero-order valence-electron chi connectivity index (χ0n) is 22.3. The minimum atomic E-state index is -3.67. The van der Waals surface area contributed by atoms with Gasteiger partial charge in [-0.3, -0.25) is 13.9 Å². The summed E-state index contributed by atoms with van der Waals surface area (Å²) in [5.41, 5.74) is 0.903. The molecule has 1 aliphatic carbocycles. The van der Waals surface area contributed by atoms with Gasteiger partial charge in [-0.25, -0.2) is 8.42 Å². The highest BCUT2D eigenvalue weighted by Crippen LogP contribution is 2.31. The van der Waals surface area contributed by atoms with E-state index in [0.717, 1.165) is 31.9 Å². The van der Waals surface area contributed by atoms with Crippen molar-refractivity contribution in [3.63, 3.8) is 0 Å². The third kappa shape index (κ3) is 8.39. The predicted molar refractivity (Wildman–Crippen MR) is 156 cm³/mol. The number of halogens is 3. The fourth-order valence-electron chi connectivity index (χ4n) is 4.64. The van der Waals surface area contributed by atoms with E-state index in [1.807, 2.05) is 0 Å². The van der Waals surface area contributed by atoms with Crippen LogP contribution in [0.15, 0.2) is 36.4 Å². The molecule has 39 heavy (non-hydrogen) atoms. The normalized spacial score (nSPS) is 14.6. The van der Waals surface area contributed by atoms with Gasteiger partial charge >= 0.3 is 0 Å². The molecule has 12 heteroatoms. The standard InChI is InChI=1S/C27H34Cl3N3O5S/c1-18(27(35)31-19-8-4-5-9-19)32(17-21-22(28)10-6-11-23(21)29)26(34)12-7-15-33(39(3,36)37)20-13-14-25(38-2)24(30)16-20/h6,10-11,13-14,16,18-19H,4-5,7-9,12,15,17H2,1-3H3,(H,31,35)/t18-/m1/s1. The molecule has 0 saturated heterocycles. The van der Waals surface area contributed by atoms with Crippen LogP contribution in [0.3, 0.4) is 0 Å². The summed E-state index contributed by atoms with van der Waals surface area (Å²) >= 11 is 19.0. The van der Waals surface area contributed by atoms with E-state index < -0.39 is 16.1 Å². The largest absolute Gasteiger partial charge is 0.495 e. The Hall–Kier alpha value is -2.20. The Morgan fingerprint density at radius 2 is 1.72 bits per heavy atom. The van der Waals surface area contributed by atoms with Gasteiger partial charge in [-0.05, 0) is 56.5 Å². The molecule has 1 aliphatic rings. The Morgan fingerprint density at radius 1 is 1.08 bits per heavy atom. The maximum absolute atomic E-state index is 13.5. The summed E-state index contributed by atoms with van der Waals surface area (Å²) in [4.78, 5) is 28.1. The van der Waals surface area contributed by atoms with E-state index in [-0.39, 0.29) is 48.8 Å². The molecule has 1 N–H and O–H groups in total. The number of hydrogen-bond acceptors (Lipinski definition) is 5. The maximum atomic E-state index is 13.5. The molecule has 0 heterocycles. The van der Waals surface area contributed by atoms with Crippen molar-refractivity contribution in [1.29, 1.82) is 0 Å². The number of anilines is 1. The van der Waals surface area contributed by atoms with Gasteiger partial charge in [0, 0.05) is 41.2 Å². The van der Waals surface area contributed by atoms with Crippen molar-refractivity contribution in [2.75, 3.05) is 24.2 Å². The molecular formula is C27H34Cl3N3O5S. The van der Waals surface area contributed by atoms with Crippen molar-refractivity contribution in [1.82, 2.24) is 10.2 Å². The first-order valence-corrected chi connectivity index (χ1v) is 15.7. The minimum absolute atomic E-state index is 0.000965. The zero-order chi connectivity index (χ0) is 28.7. The summed E-state index contributed by atoms with van der Waals surface area (Å²) in [5, 5.41) is 4.10. The molecule has 0 radical (unpaired) electrons. The molecule has 0 aromatic heterocycles. The Labute approximate surface area is 245 Å². The number of rotatable bonds is 12. The lowest BCUT2D eigenvalue weighted by Gasteiger charge is -2.31. The van der Waals surface area contributed by atoms with Crippen molar-refractivity contribution < 1.29 is 22.7 Å². The van der Waals surface area contributed by atoms with Crippen LogP contribution in [0, 0.1) is 0 Å². The van der Waals surface area contributed by atoms with Gasteiger partial charge < -0.3 is 15.0 Å². The second kappa shape index (κ2) is 13.9. The molecule has 1 atom stereocenters. The smallest absolute Gasteiger partial charge is 0.242 e. The quantitative estimate of drug-likeness (QED) is 0.330. The van der Waals surface area contributed by atoms with Crippen LogP contribution in [0.1, 0.15) is 51.0 Å². The van der Waals surface area contributed by atoms with E-state index in [4.69, 9.17) is 39.5 Å². The van der Waals surface area contributed by atoms with Gasteiger partial charge in [-0.1, -0.05) is 53.7 Å². The van der Waals surface area contributed by atoms with E-state index >= 15 is 0 Å². The first kappa shape index (κ1) is 31.3. The van der Waals surface area contributed by atoms with Crippen LogP contribution < -0.4 is 14.4 Å². The molecule has 8 nitrogen and oxygen atoms in total. The van der Waals surface area contributed by atoms with Crippen molar-refractivity contribution in [3.05, 3.63) is 57.0 Å². The van der Waals surface area contributed by atoms with E-state index in [2.05, 4.69) is 5.32 Å². The highest BCUT2D eigenvalue weighted by Gasteiger charge is 2.29. The number of nitrogens with one attached hydrogen (secondary N) is 1. The monoisotopic (exact) mass is 617 g/mol. The lowest BCUT2D eigenvalue weighted by atomic mass is 10.1. The van der Waals surface area contributed by atoms with Gasteiger partial charge in [0.25, 0.3) is 0 Å². The molecule has 2 aromatic rings. The molecule has 2 amide bonds. The lowest BCUT2D eigenvalue weighted by Crippen LogP contribution is -2.49. The molecule has 0 aliphatic heterocycles. The minimum Gasteiger partial charge on any atom is -0.495 e. The fraction of sp³-hybridized carbons (Fsp3) is 0.481. The summed E-state index contributed by atoms with van der Waals surface area (Å²) in [5.74, 6) is -0.145. The van der Waals surface area contributed by atoms with Crippen LogP contribution in [0.4, 0.5) is 5.69 Å². The Kier molecular flexibility index (Phi) is 11.2. The van der Waals surface area contributed by atoms with Crippen LogP contribution in [0.2, 0.25) is 15.1 Å². The SMILES string of the molecule is COc1ccc(N(CCCC(=O)N(Cc2c(Cl)cccc2Cl)[C@H](C)C(=O)NC2CCCC2)S(C)(=O)=O)cc1Cl. The Balaban J connectivity index is 1.77. The second-order valence-corrected chi connectivity index (χ2v) is 12.8.